The summed E-state index contributed by atoms with van der Waals surface area (Å²) in [7, 11) is 1.82. The molecule has 4 aliphatic heterocycles. The number of fused-ring (bicyclic) bond motifs is 4. The molecule has 62 heavy (non-hydrogen) atoms. The minimum Gasteiger partial charge on any atom is -0.482 e. The van der Waals surface area contributed by atoms with Gasteiger partial charge in [-0.2, -0.15) is 0 Å². The van der Waals surface area contributed by atoms with Crippen molar-refractivity contribution in [2.24, 2.45) is 0 Å². The first kappa shape index (κ1) is 41.4. The van der Waals surface area contributed by atoms with Crippen molar-refractivity contribution in [2.45, 2.75) is 26.7 Å². The van der Waals surface area contributed by atoms with Crippen LogP contribution in [0, 0.1) is 13.8 Å². The van der Waals surface area contributed by atoms with Crippen LogP contribution in [-0.2, 0) is 22.4 Å². The number of piperazine rings is 2. The summed E-state index contributed by atoms with van der Waals surface area (Å²) < 4.78 is 11.2. The average Bonchev–Trinajstić information content (AvgIpc) is 3.29. The first-order valence-electron chi connectivity index (χ1n) is 21.6. The third-order valence-corrected chi connectivity index (χ3v) is 12.7. The van der Waals surface area contributed by atoms with Gasteiger partial charge in [-0.3, -0.25) is 29.4 Å². The highest BCUT2D eigenvalue weighted by atomic mass is 35.5. The van der Waals surface area contributed by atoms with E-state index in [0.717, 1.165) is 129 Å². The second kappa shape index (κ2) is 18.2. The molecule has 2 aromatic heterocycles. The first-order chi connectivity index (χ1) is 30.2. The summed E-state index contributed by atoms with van der Waals surface area (Å²) in [5.41, 5.74) is 10.5. The number of hydrogen-bond acceptors (Lipinski definition) is 10. The Bertz CT molecular complexity index is 2620. The number of aryl methyl sites for hydroxylation is 2. The number of nitrogens with zero attached hydrogens (tertiary/aromatic N) is 7. The number of para-hydroxylation sites is 1. The maximum atomic E-state index is 11.9. The summed E-state index contributed by atoms with van der Waals surface area (Å²) in [6, 6.07) is 31.1. The van der Waals surface area contributed by atoms with Crippen LogP contribution in [0.5, 0.6) is 11.5 Å². The smallest absolute Gasteiger partial charge is 0.264 e. The van der Waals surface area contributed by atoms with Gasteiger partial charge in [-0.15, -0.1) is 0 Å². The van der Waals surface area contributed by atoms with Crippen LogP contribution in [0.1, 0.15) is 22.5 Å². The lowest BCUT2D eigenvalue weighted by atomic mass is 10.1. The van der Waals surface area contributed by atoms with E-state index >= 15 is 0 Å². The Kier molecular flexibility index (Phi) is 12.1. The molecule has 320 valence electrons. The molecule has 0 unspecified atom stereocenters. The number of aromatic nitrogens is 2. The Morgan fingerprint density at radius 1 is 0.661 bits per heavy atom. The fraction of sp³-hybridized carbons (Fsp3) is 0.347. The second-order valence-electron chi connectivity index (χ2n) is 16.5. The Morgan fingerprint density at radius 3 is 2.08 bits per heavy atom. The van der Waals surface area contributed by atoms with E-state index < -0.39 is 0 Å². The van der Waals surface area contributed by atoms with E-state index in [9.17, 15) is 9.59 Å². The van der Waals surface area contributed by atoms with Crippen molar-refractivity contribution in [3.8, 4) is 11.5 Å². The molecule has 10 rings (SSSR count). The number of hydrogen-bond donors (Lipinski definition) is 1. The summed E-state index contributed by atoms with van der Waals surface area (Å²) in [5.74, 6) is 1.51. The zero-order chi connectivity index (χ0) is 42.7. The van der Waals surface area contributed by atoms with Crippen molar-refractivity contribution < 1.29 is 19.1 Å². The van der Waals surface area contributed by atoms with E-state index in [2.05, 4.69) is 89.5 Å². The standard InChI is InChI=1S/C25H28N4O2.C24H25ClN4O2/c1-18-9-10-20-21(26-18)6-4-7-22(20)29-15-13-28(14-16-29)12-11-19-5-3-8-23-25(19)31-17-24(30)27(23)2;1-16-2-4-18-21(6-5-19(25)24(18)26-16)29-12-10-28(11-13-29)9-8-17-3-7-22-20(14-17)27-23(30)15-31-22/h3-10H,11-17H2,1-2H3;2-7,14H,8-13,15H2,1H3,(H,27,30). The van der Waals surface area contributed by atoms with Crippen molar-refractivity contribution in [1.29, 1.82) is 0 Å². The molecule has 13 heteroatoms. The van der Waals surface area contributed by atoms with Crippen molar-refractivity contribution >= 4 is 68.0 Å². The van der Waals surface area contributed by atoms with E-state index in [-0.39, 0.29) is 25.0 Å². The van der Waals surface area contributed by atoms with Crippen LogP contribution in [0.4, 0.5) is 22.7 Å². The molecular formula is C49H53ClN8O4. The van der Waals surface area contributed by atoms with Gasteiger partial charge >= 0.3 is 0 Å². The highest BCUT2D eigenvalue weighted by Crippen LogP contribution is 2.36. The van der Waals surface area contributed by atoms with Crippen LogP contribution >= 0.6 is 11.6 Å². The van der Waals surface area contributed by atoms with E-state index in [4.69, 9.17) is 21.1 Å². The number of likely N-dealkylation sites (N-methyl/N-ethyl adjacent to an activating group) is 1. The van der Waals surface area contributed by atoms with Crippen molar-refractivity contribution in [2.75, 3.05) is 106 Å². The Morgan fingerprint density at radius 2 is 1.32 bits per heavy atom. The number of anilines is 4. The zero-order valence-electron chi connectivity index (χ0n) is 35.7. The van der Waals surface area contributed by atoms with Gasteiger partial charge in [0.1, 0.15) is 11.5 Å². The van der Waals surface area contributed by atoms with Crippen molar-refractivity contribution in [1.82, 2.24) is 19.8 Å². The number of rotatable bonds is 8. The first-order valence-corrected chi connectivity index (χ1v) is 22.0. The van der Waals surface area contributed by atoms with Gasteiger partial charge in [-0.1, -0.05) is 35.9 Å². The number of pyridine rings is 2. The Labute approximate surface area is 368 Å². The van der Waals surface area contributed by atoms with E-state index in [1.807, 2.05) is 57.3 Å². The SMILES string of the molecule is Cc1ccc2c(N3CCN(CCc4ccc5c(c4)NC(=O)CO5)CC3)ccc(Cl)c2n1.Cc1ccc2c(N3CCN(CCc4cccc5c4OCC(=O)N5C)CC3)cccc2n1. The fourth-order valence-electron chi connectivity index (χ4n) is 8.90. The number of carbonyl (C=O) groups is 2. The monoisotopic (exact) mass is 852 g/mol. The molecule has 0 atom stereocenters. The number of ether oxygens (including phenoxy) is 2. The topological polar surface area (TPSA) is 107 Å². The number of halogens is 1. The van der Waals surface area contributed by atoms with Gasteiger partial charge < -0.3 is 29.5 Å². The Hall–Kier alpha value is -5.95. The van der Waals surface area contributed by atoms with Crippen molar-refractivity contribution in [3.63, 3.8) is 0 Å². The average molecular weight is 853 g/mol. The van der Waals surface area contributed by atoms with Crippen LogP contribution in [0.25, 0.3) is 21.8 Å². The molecule has 12 nitrogen and oxygen atoms in total. The zero-order valence-corrected chi connectivity index (χ0v) is 36.5. The van der Waals surface area contributed by atoms with Crippen LogP contribution in [0.3, 0.4) is 0 Å². The molecule has 1 N–H and O–H groups in total. The van der Waals surface area contributed by atoms with Gasteiger partial charge in [-0.25, -0.2) is 0 Å². The molecule has 0 spiro atoms. The third kappa shape index (κ3) is 8.99. The van der Waals surface area contributed by atoms with E-state index in [1.54, 1.807) is 4.90 Å². The minimum atomic E-state index is -0.0964. The molecular weight excluding hydrogens is 800 g/mol. The predicted molar refractivity (Wildman–Crippen MR) is 249 cm³/mol. The minimum absolute atomic E-state index is 0.000400. The highest BCUT2D eigenvalue weighted by Gasteiger charge is 2.26. The van der Waals surface area contributed by atoms with Gasteiger partial charge in [0.25, 0.3) is 11.8 Å². The van der Waals surface area contributed by atoms with Crippen LogP contribution < -0.4 is 29.5 Å². The molecule has 6 heterocycles. The molecule has 2 fully saturated rings. The normalized spacial score (nSPS) is 16.9. The lowest BCUT2D eigenvalue weighted by Crippen LogP contribution is -2.47. The molecule has 6 aromatic rings. The maximum Gasteiger partial charge on any atom is 0.264 e. The largest absolute Gasteiger partial charge is 0.482 e. The van der Waals surface area contributed by atoms with E-state index in [1.165, 1.54) is 27.9 Å². The predicted octanol–water partition coefficient (Wildman–Crippen LogP) is 7.16. The number of amides is 2. The summed E-state index contributed by atoms with van der Waals surface area (Å²) in [6.45, 7) is 14.3. The van der Waals surface area contributed by atoms with Crippen LogP contribution in [0.15, 0.2) is 91.0 Å². The molecule has 0 aliphatic carbocycles. The Balaban J connectivity index is 0.000000158. The number of carbonyl (C=O) groups excluding carboxylic acids is 2. The third-order valence-electron chi connectivity index (χ3n) is 12.4. The summed E-state index contributed by atoms with van der Waals surface area (Å²) >= 11 is 6.39. The summed E-state index contributed by atoms with van der Waals surface area (Å²) in [5, 5.41) is 5.93. The molecule has 4 aromatic carbocycles. The van der Waals surface area contributed by atoms with Gasteiger partial charge in [0.15, 0.2) is 13.2 Å². The molecule has 0 bridgehead atoms. The quantitative estimate of drug-likeness (QED) is 0.170. The highest BCUT2D eigenvalue weighted by molar-refractivity contribution is 6.35. The van der Waals surface area contributed by atoms with Crippen molar-refractivity contribution in [3.05, 3.63) is 119 Å². The fourth-order valence-corrected chi connectivity index (χ4v) is 9.11. The summed E-state index contributed by atoms with van der Waals surface area (Å²) in [4.78, 5) is 44.4. The lowest BCUT2D eigenvalue weighted by molar-refractivity contribution is -0.121. The summed E-state index contributed by atoms with van der Waals surface area (Å²) in [6.07, 6.45) is 1.86. The van der Waals surface area contributed by atoms with Gasteiger partial charge in [0, 0.05) is 106 Å². The second-order valence-corrected chi connectivity index (χ2v) is 17.0. The van der Waals surface area contributed by atoms with Crippen LogP contribution in [-0.4, -0.2) is 117 Å². The molecule has 2 amide bonds. The van der Waals surface area contributed by atoms with Gasteiger partial charge in [0.2, 0.25) is 0 Å². The maximum absolute atomic E-state index is 11.9. The molecule has 0 radical (unpaired) electrons. The van der Waals surface area contributed by atoms with Gasteiger partial charge in [0.05, 0.1) is 27.4 Å². The molecule has 0 saturated carbocycles. The van der Waals surface area contributed by atoms with Gasteiger partial charge in [-0.05, 0) is 105 Å². The van der Waals surface area contributed by atoms with E-state index in [0.29, 0.717) is 5.02 Å². The number of benzene rings is 4. The lowest BCUT2D eigenvalue weighted by Gasteiger charge is -2.36. The number of nitrogens with one attached hydrogen (secondary N) is 1. The molecule has 2 saturated heterocycles. The molecule has 4 aliphatic rings. The van der Waals surface area contributed by atoms with Crippen LogP contribution in [0.2, 0.25) is 5.02 Å².